The molecule has 1 fully saturated rings. The Morgan fingerprint density at radius 1 is 1.24 bits per heavy atom. The number of amides is 1. The fourth-order valence-corrected chi connectivity index (χ4v) is 4.21. The van der Waals surface area contributed by atoms with Crippen LogP contribution in [-0.4, -0.2) is 101 Å². The number of nitrogens with zero attached hydrogens (tertiary/aromatic N) is 3. The number of aromatic nitrogens is 2. The zero-order chi connectivity index (χ0) is 30.6. The number of aliphatic hydroxyl groups excluding tert-OH is 3. The summed E-state index contributed by atoms with van der Waals surface area (Å²) in [7, 11) is 0. The van der Waals surface area contributed by atoms with Gasteiger partial charge in [-0.25, -0.2) is 9.97 Å². The molecule has 1 amide bonds. The number of anilines is 1. The van der Waals surface area contributed by atoms with Crippen LogP contribution in [0.4, 0.5) is 5.82 Å². The van der Waals surface area contributed by atoms with E-state index in [0.717, 1.165) is 24.8 Å². The minimum absolute atomic E-state index is 0.0411. The number of aryl methyl sites for hydroxylation is 2. The van der Waals surface area contributed by atoms with Gasteiger partial charge < -0.3 is 46.3 Å². The van der Waals surface area contributed by atoms with Gasteiger partial charge in [-0.05, 0) is 50.8 Å². The molecule has 0 saturated carbocycles. The molecule has 1 aromatic carbocycles. The number of hydrogen-bond acceptors (Lipinski definition) is 12. The van der Waals surface area contributed by atoms with Crippen molar-refractivity contribution in [2.24, 2.45) is 10.7 Å². The number of rotatable bonds is 15. The molecule has 42 heavy (non-hydrogen) atoms. The molecule has 9 N–H and O–H groups in total. The van der Waals surface area contributed by atoms with Crippen LogP contribution >= 0.6 is 11.6 Å². The van der Waals surface area contributed by atoms with Crippen LogP contribution in [-0.2, 0) is 15.9 Å². The number of carbonyl (C=O) groups is 1. The highest BCUT2D eigenvalue weighted by Crippen LogP contribution is 2.18. The third kappa shape index (κ3) is 10.3. The zero-order valence-corrected chi connectivity index (χ0v) is 24.5. The van der Waals surface area contributed by atoms with Gasteiger partial charge in [-0.1, -0.05) is 23.7 Å². The number of nitrogen functional groups attached to an aromatic ring is 1. The van der Waals surface area contributed by atoms with Crippen LogP contribution < -0.4 is 26.8 Å². The third-order valence-corrected chi connectivity index (χ3v) is 6.82. The van der Waals surface area contributed by atoms with Crippen molar-refractivity contribution >= 4 is 29.3 Å². The van der Waals surface area contributed by atoms with Gasteiger partial charge in [0.25, 0.3) is 5.91 Å². The second-order valence-corrected chi connectivity index (χ2v) is 10.2. The van der Waals surface area contributed by atoms with E-state index in [1.54, 1.807) is 13.8 Å². The molecule has 1 saturated heterocycles. The van der Waals surface area contributed by atoms with Gasteiger partial charge in [-0.3, -0.25) is 15.1 Å². The molecule has 0 aliphatic carbocycles. The van der Waals surface area contributed by atoms with Crippen LogP contribution in [0.3, 0.4) is 0 Å². The molecule has 15 heteroatoms. The first-order chi connectivity index (χ1) is 20.0. The van der Waals surface area contributed by atoms with Crippen LogP contribution in [0.2, 0.25) is 5.15 Å². The molecule has 0 bridgehead atoms. The van der Waals surface area contributed by atoms with Crippen molar-refractivity contribution < 1.29 is 34.3 Å². The van der Waals surface area contributed by atoms with Gasteiger partial charge in [0.15, 0.2) is 28.9 Å². The SMILES string of the molecule is Cc1nc(N)c(C(=O)NC(N)=NCCCCc2ccc(OCCNC[C@H](O)[C@@H](O)[C@H](O)[C@H]3CO[C@@H](C)O3)cc2)nc1Cl. The van der Waals surface area contributed by atoms with Gasteiger partial charge in [0.05, 0.1) is 18.4 Å². The molecule has 14 nitrogen and oxygen atoms in total. The molecule has 3 rings (SSSR count). The number of benzene rings is 1. The first-order valence-corrected chi connectivity index (χ1v) is 14.1. The maximum Gasteiger partial charge on any atom is 0.280 e. The predicted octanol–water partition coefficient (Wildman–Crippen LogP) is -0.0995. The predicted molar refractivity (Wildman–Crippen MR) is 156 cm³/mol. The number of ether oxygens (including phenoxy) is 3. The minimum atomic E-state index is -1.37. The van der Waals surface area contributed by atoms with E-state index in [2.05, 4.69) is 25.6 Å². The topological polar surface area (TPSA) is 220 Å². The summed E-state index contributed by atoms with van der Waals surface area (Å²) in [6, 6.07) is 7.73. The zero-order valence-electron chi connectivity index (χ0n) is 23.7. The lowest BCUT2D eigenvalue weighted by Crippen LogP contribution is -2.49. The molecule has 1 aliphatic rings. The fourth-order valence-electron chi connectivity index (χ4n) is 4.08. The summed E-state index contributed by atoms with van der Waals surface area (Å²) < 4.78 is 16.3. The largest absolute Gasteiger partial charge is 0.492 e. The fraction of sp³-hybridized carbons (Fsp3) is 0.556. The van der Waals surface area contributed by atoms with Gasteiger partial charge in [-0.15, -0.1) is 0 Å². The molecular weight excluding hydrogens is 570 g/mol. The van der Waals surface area contributed by atoms with E-state index in [1.165, 1.54) is 0 Å². The molecule has 0 spiro atoms. The Hall–Kier alpha value is -3.11. The standard InChI is InChI=1S/C27H40ClN7O7/c1-15-24(28)34-21(25(29)33-15)26(39)35-27(30)32-10-4-3-5-17-6-8-18(9-7-17)40-12-11-31-13-19(36)22(37)23(38)20-14-41-16(2)42-20/h6-9,16,19-20,22-23,31,36-38H,3-5,10-14H2,1-2H3,(H2,29,33)(H3,30,32,35,39)/t16-,19+,20-,22-,23-/m1/s1. The maximum absolute atomic E-state index is 12.3. The van der Waals surface area contributed by atoms with Gasteiger partial charge in [0, 0.05) is 19.6 Å². The summed E-state index contributed by atoms with van der Waals surface area (Å²) in [5, 5.41) is 36.0. The summed E-state index contributed by atoms with van der Waals surface area (Å²) in [6.07, 6.45) is -2.46. The van der Waals surface area contributed by atoms with E-state index in [9.17, 15) is 20.1 Å². The van der Waals surface area contributed by atoms with Crippen molar-refractivity contribution in [3.63, 3.8) is 0 Å². The summed E-state index contributed by atoms with van der Waals surface area (Å²) in [5.74, 6) is -0.00827. The van der Waals surface area contributed by atoms with Gasteiger partial charge in [0.1, 0.15) is 30.7 Å². The van der Waals surface area contributed by atoms with Crippen molar-refractivity contribution in [3.8, 4) is 5.75 Å². The van der Waals surface area contributed by atoms with E-state index in [4.69, 9.17) is 37.3 Å². The van der Waals surface area contributed by atoms with Gasteiger partial charge in [0.2, 0.25) is 0 Å². The van der Waals surface area contributed by atoms with E-state index in [1.807, 2.05) is 24.3 Å². The van der Waals surface area contributed by atoms with Crippen LogP contribution in [0.25, 0.3) is 0 Å². The number of aliphatic imine (C=N–C) groups is 1. The first kappa shape index (κ1) is 33.4. The lowest BCUT2D eigenvalue weighted by atomic mass is 10.0. The highest BCUT2D eigenvalue weighted by molar-refractivity contribution is 6.30. The number of aliphatic hydroxyl groups is 3. The van der Waals surface area contributed by atoms with Crippen molar-refractivity contribution in [2.45, 2.75) is 63.8 Å². The number of carbonyl (C=O) groups excluding carboxylic acids is 1. The average molecular weight is 610 g/mol. The van der Waals surface area contributed by atoms with Crippen LogP contribution in [0.15, 0.2) is 29.3 Å². The normalized spacial score (nSPS) is 19.3. The summed E-state index contributed by atoms with van der Waals surface area (Å²) in [6.45, 7) is 4.80. The minimum Gasteiger partial charge on any atom is -0.492 e. The first-order valence-electron chi connectivity index (χ1n) is 13.7. The molecule has 0 unspecified atom stereocenters. The lowest BCUT2D eigenvalue weighted by molar-refractivity contribution is -0.122. The quantitative estimate of drug-likeness (QED) is 0.0799. The Bertz CT molecular complexity index is 1190. The number of hydrogen-bond donors (Lipinski definition) is 7. The van der Waals surface area contributed by atoms with Crippen molar-refractivity contribution in [2.75, 3.05) is 38.6 Å². The number of halogens is 1. The maximum atomic E-state index is 12.3. The van der Waals surface area contributed by atoms with Gasteiger partial charge in [-0.2, -0.15) is 0 Å². The van der Waals surface area contributed by atoms with Crippen molar-refractivity contribution in [1.82, 2.24) is 20.6 Å². The smallest absolute Gasteiger partial charge is 0.280 e. The van der Waals surface area contributed by atoms with Crippen LogP contribution in [0.1, 0.15) is 41.5 Å². The number of nitrogens with one attached hydrogen (secondary N) is 2. The number of guanidine groups is 1. The Kier molecular flexibility index (Phi) is 13.1. The lowest BCUT2D eigenvalue weighted by Gasteiger charge is -2.26. The Morgan fingerprint density at radius 2 is 1.98 bits per heavy atom. The monoisotopic (exact) mass is 609 g/mol. The van der Waals surface area contributed by atoms with Crippen molar-refractivity contribution in [3.05, 3.63) is 46.4 Å². The average Bonchev–Trinajstić information content (AvgIpc) is 3.40. The molecule has 2 aromatic rings. The van der Waals surface area contributed by atoms with E-state index < -0.39 is 36.6 Å². The van der Waals surface area contributed by atoms with E-state index in [-0.39, 0.29) is 35.8 Å². The third-order valence-electron chi connectivity index (χ3n) is 6.46. The Balaban J connectivity index is 1.27. The highest BCUT2D eigenvalue weighted by Gasteiger charge is 2.36. The molecule has 232 valence electrons. The second kappa shape index (κ2) is 16.5. The summed E-state index contributed by atoms with van der Waals surface area (Å²) in [5.41, 5.74) is 13.0. The van der Waals surface area contributed by atoms with E-state index in [0.29, 0.717) is 31.1 Å². The van der Waals surface area contributed by atoms with Crippen LogP contribution in [0, 0.1) is 6.92 Å². The van der Waals surface area contributed by atoms with E-state index >= 15 is 0 Å². The molecule has 2 heterocycles. The molecule has 0 radical (unpaired) electrons. The molecule has 1 aliphatic heterocycles. The van der Waals surface area contributed by atoms with Gasteiger partial charge >= 0.3 is 0 Å². The molecule has 5 atom stereocenters. The molecular formula is C27H40ClN7O7. The Morgan fingerprint density at radius 3 is 2.67 bits per heavy atom. The van der Waals surface area contributed by atoms with Crippen molar-refractivity contribution in [1.29, 1.82) is 0 Å². The summed E-state index contributed by atoms with van der Waals surface area (Å²) >= 11 is 5.92. The number of nitrogens with two attached hydrogens (primary N) is 2. The second-order valence-electron chi connectivity index (χ2n) is 9.83. The molecule has 1 aromatic heterocycles. The summed E-state index contributed by atoms with van der Waals surface area (Å²) in [4.78, 5) is 24.4. The van der Waals surface area contributed by atoms with Crippen LogP contribution in [0.5, 0.6) is 5.75 Å². The highest BCUT2D eigenvalue weighted by atomic mass is 35.5. The Labute approximate surface area is 249 Å². The number of unbranched alkanes of at least 4 members (excludes halogenated alkanes) is 1.